The maximum absolute atomic E-state index is 9.77. The van der Waals surface area contributed by atoms with E-state index in [4.69, 9.17) is 4.98 Å². The first-order chi connectivity index (χ1) is 15.3. The molecule has 31 heavy (non-hydrogen) atoms. The van der Waals surface area contributed by atoms with E-state index in [1.54, 1.807) is 30.9 Å². The van der Waals surface area contributed by atoms with Gasteiger partial charge in [-0.25, -0.2) is 4.98 Å². The summed E-state index contributed by atoms with van der Waals surface area (Å²) in [5.74, 6) is 0.772. The van der Waals surface area contributed by atoms with Gasteiger partial charge >= 0.3 is 0 Å². The van der Waals surface area contributed by atoms with Gasteiger partial charge in [-0.05, 0) is 42.0 Å². The van der Waals surface area contributed by atoms with Crippen molar-refractivity contribution in [3.8, 4) is 39.7 Å². The maximum atomic E-state index is 9.77. The number of H-pyrrole nitrogens is 2. The van der Waals surface area contributed by atoms with E-state index in [9.17, 15) is 5.11 Å². The molecule has 0 saturated carbocycles. The van der Waals surface area contributed by atoms with Gasteiger partial charge in [-0.1, -0.05) is 6.07 Å². The van der Waals surface area contributed by atoms with Crippen molar-refractivity contribution in [2.24, 2.45) is 0 Å². The molecular formula is C23H15N7O. The van der Waals surface area contributed by atoms with Crippen molar-refractivity contribution in [1.29, 1.82) is 0 Å². The molecule has 0 atom stereocenters. The minimum absolute atomic E-state index is 0.124. The molecule has 6 rings (SSSR count). The summed E-state index contributed by atoms with van der Waals surface area (Å²) >= 11 is 0. The van der Waals surface area contributed by atoms with Gasteiger partial charge in [-0.3, -0.25) is 20.1 Å². The van der Waals surface area contributed by atoms with Crippen LogP contribution in [0.25, 0.3) is 55.8 Å². The Kier molecular flexibility index (Phi) is 3.76. The van der Waals surface area contributed by atoms with Crippen LogP contribution in [-0.2, 0) is 0 Å². The monoisotopic (exact) mass is 405 g/mol. The van der Waals surface area contributed by atoms with Crippen LogP contribution in [0, 0.1) is 0 Å². The summed E-state index contributed by atoms with van der Waals surface area (Å²) in [5.41, 5.74) is 6.73. The number of aromatic amines is 2. The molecule has 0 unspecified atom stereocenters. The van der Waals surface area contributed by atoms with E-state index in [0.29, 0.717) is 11.5 Å². The van der Waals surface area contributed by atoms with E-state index >= 15 is 0 Å². The first-order valence-corrected chi connectivity index (χ1v) is 9.64. The van der Waals surface area contributed by atoms with E-state index in [0.717, 1.165) is 44.3 Å². The fourth-order valence-corrected chi connectivity index (χ4v) is 3.73. The first-order valence-electron chi connectivity index (χ1n) is 9.64. The van der Waals surface area contributed by atoms with Crippen LogP contribution in [0.15, 0.2) is 73.4 Å². The predicted molar refractivity (Wildman–Crippen MR) is 117 cm³/mol. The molecule has 0 spiro atoms. The summed E-state index contributed by atoms with van der Waals surface area (Å²) < 4.78 is 0. The smallest absolute Gasteiger partial charge is 0.159 e. The van der Waals surface area contributed by atoms with Gasteiger partial charge in [0.05, 0.1) is 22.9 Å². The molecule has 8 heteroatoms. The van der Waals surface area contributed by atoms with Crippen molar-refractivity contribution in [3.05, 3.63) is 73.4 Å². The number of imidazole rings is 1. The molecule has 8 nitrogen and oxygen atoms in total. The second-order valence-corrected chi connectivity index (χ2v) is 7.14. The summed E-state index contributed by atoms with van der Waals surface area (Å²) in [5, 5.41) is 18.3. The molecule has 0 aliphatic rings. The lowest BCUT2D eigenvalue weighted by molar-refractivity contribution is 0.473. The molecule has 1 aromatic carbocycles. The van der Waals surface area contributed by atoms with E-state index < -0.39 is 0 Å². The van der Waals surface area contributed by atoms with Crippen molar-refractivity contribution >= 4 is 21.9 Å². The second kappa shape index (κ2) is 6.74. The highest BCUT2D eigenvalue weighted by Crippen LogP contribution is 2.32. The lowest BCUT2D eigenvalue weighted by Gasteiger charge is -2.02. The van der Waals surface area contributed by atoms with Crippen LogP contribution < -0.4 is 0 Å². The Labute approximate surface area is 175 Å². The molecular weight excluding hydrogens is 390 g/mol. The van der Waals surface area contributed by atoms with Crippen molar-refractivity contribution in [1.82, 2.24) is 35.1 Å². The molecule has 5 heterocycles. The largest absolute Gasteiger partial charge is 0.506 e. The Morgan fingerprint density at radius 1 is 0.742 bits per heavy atom. The normalized spacial score (nSPS) is 11.4. The molecule has 3 N–H and O–H groups in total. The van der Waals surface area contributed by atoms with Gasteiger partial charge in [0.15, 0.2) is 5.82 Å². The number of pyridine rings is 3. The topological polar surface area (TPSA) is 116 Å². The van der Waals surface area contributed by atoms with Crippen LogP contribution in [0.2, 0.25) is 0 Å². The Morgan fingerprint density at radius 3 is 2.52 bits per heavy atom. The van der Waals surface area contributed by atoms with Gasteiger partial charge in [-0.2, -0.15) is 5.10 Å². The number of nitrogens with one attached hydrogen (secondary N) is 2. The molecule has 0 fully saturated rings. The standard InChI is InChI=1S/C23H15N7O/c31-16-9-15(11-25-12-16)14-1-2-18-17(10-14)21(30-29-18)23-27-19-5-8-26-20(22(19)28-23)13-3-6-24-7-4-13/h1-12,31H,(H,27,28)(H,29,30). The number of aromatic nitrogens is 7. The van der Waals surface area contributed by atoms with Crippen LogP contribution in [-0.4, -0.2) is 40.2 Å². The third-order valence-electron chi connectivity index (χ3n) is 5.20. The molecule has 0 aliphatic heterocycles. The van der Waals surface area contributed by atoms with Gasteiger partial charge in [0, 0.05) is 41.3 Å². The highest BCUT2D eigenvalue weighted by atomic mass is 16.3. The first kappa shape index (κ1) is 17.3. The van der Waals surface area contributed by atoms with Crippen LogP contribution in [0.1, 0.15) is 0 Å². The summed E-state index contributed by atoms with van der Waals surface area (Å²) in [6.07, 6.45) is 8.36. The van der Waals surface area contributed by atoms with Gasteiger partial charge in [-0.15, -0.1) is 0 Å². The van der Waals surface area contributed by atoms with Gasteiger partial charge in [0.25, 0.3) is 0 Å². The number of nitrogens with zero attached hydrogens (tertiary/aromatic N) is 5. The highest BCUT2D eigenvalue weighted by molar-refractivity contribution is 5.97. The minimum atomic E-state index is 0.124. The summed E-state index contributed by atoms with van der Waals surface area (Å²) in [4.78, 5) is 20.9. The maximum Gasteiger partial charge on any atom is 0.159 e. The average Bonchev–Trinajstić information content (AvgIpc) is 3.43. The summed E-state index contributed by atoms with van der Waals surface area (Å²) in [6.45, 7) is 0. The van der Waals surface area contributed by atoms with Crippen molar-refractivity contribution in [2.75, 3.05) is 0 Å². The zero-order chi connectivity index (χ0) is 20.8. The second-order valence-electron chi connectivity index (χ2n) is 7.14. The fraction of sp³-hybridized carbons (Fsp3) is 0. The molecule has 148 valence electrons. The Hall–Kier alpha value is -4.59. The molecule has 0 radical (unpaired) electrons. The summed E-state index contributed by atoms with van der Waals surface area (Å²) in [6, 6.07) is 13.3. The highest BCUT2D eigenvalue weighted by Gasteiger charge is 2.16. The molecule has 0 bridgehead atoms. The molecule has 6 aromatic rings. The number of rotatable bonds is 3. The average molecular weight is 405 g/mol. The van der Waals surface area contributed by atoms with Crippen LogP contribution >= 0.6 is 0 Å². The van der Waals surface area contributed by atoms with Gasteiger partial charge in [0.2, 0.25) is 0 Å². The quantitative estimate of drug-likeness (QED) is 0.403. The van der Waals surface area contributed by atoms with E-state index in [1.165, 1.54) is 6.20 Å². The molecule has 0 saturated heterocycles. The van der Waals surface area contributed by atoms with Crippen LogP contribution in [0.3, 0.4) is 0 Å². The van der Waals surface area contributed by atoms with Gasteiger partial charge in [0.1, 0.15) is 17.0 Å². The van der Waals surface area contributed by atoms with Gasteiger partial charge < -0.3 is 10.1 Å². The van der Waals surface area contributed by atoms with Crippen molar-refractivity contribution in [3.63, 3.8) is 0 Å². The third kappa shape index (κ3) is 2.89. The number of aromatic hydroxyl groups is 1. The van der Waals surface area contributed by atoms with E-state index in [-0.39, 0.29) is 5.75 Å². The van der Waals surface area contributed by atoms with Crippen LogP contribution in [0.5, 0.6) is 5.75 Å². The lowest BCUT2D eigenvalue weighted by atomic mass is 10.0. The number of fused-ring (bicyclic) bond motifs is 2. The van der Waals surface area contributed by atoms with Crippen LogP contribution in [0.4, 0.5) is 0 Å². The summed E-state index contributed by atoms with van der Waals surface area (Å²) in [7, 11) is 0. The number of hydrogen-bond acceptors (Lipinski definition) is 6. The Bertz CT molecular complexity index is 1550. The van der Waals surface area contributed by atoms with Crippen molar-refractivity contribution in [2.45, 2.75) is 0 Å². The molecule has 0 aliphatic carbocycles. The zero-order valence-electron chi connectivity index (χ0n) is 16.1. The lowest BCUT2D eigenvalue weighted by Crippen LogP contribution is -1.86. The molecule has 0 amide bonds. The Morgan fingerprint density at radius 2 is 1.65 bits per heavy atom. The molecule has 5 aromatic heterocycles. The third-order valence-corrected chi connectivity index (χ3v) is 5.20. The van der Waals surface area contributed by atoms with E-state index in [2.05, 4.69) is 30.1 Å². The number of hydrogen-bond donors (Lipinski definition) is 3. The zero-order valence-corrected chi connectivity index (χ0v) is 16.1. The Balaban J connectivity index is 1.51. The van der Waals surface area contributed by atoms with E-state index in [1.807, 2.05) is 36.4 Å². The fourth-order valence-electron chi connectivity index (χ4n) is 3.73. The SMILES string of the molecule is Oc1cncc(-c2ccc3[nH]nc(-c4nc5c(-c6ccncc6)nccc5[nH]4)c3c2)c1. The minimum Gasteiger partial charge on any atom is -0.506 e. The number of benzene rings is 1. The van der Waals surface area contributed by atoms with Crippen molar-refractivity contribution < 1.29 is 5.11 Å². The predicted octanol–water partition coefficient (Wildman–Crippen LogP) is 4.33.